The van der Waals surface area contributed by atoms with E-state index in [0.29, 0.717) is 5.75 Å². The largest absolute Gasteiger partial charge is 0.448 e. The van der Waals surface area contributed by atoms with E-state index in [4.69, 9.17) is 4.42 Å². The molecule has 0 bridgehead atoms. The molecule has 3 aromatic carbocycles. The molecular formula is C21H16N2O3S2. The second kappa shape index (κ2) is 8.41. The van der Waals surface area contributed by atoms with Crippen molar-refractivity contribution in [2.24, 2.45) is 0 Å². The maximum atomic E-state index is 10.9. The lowest BCUT2D eigenvalue weighted by Gasteiger charge is -2.10. The Bertz CT molecular complexity index is 1090. The summed E-state index contributed by atoms with van der Waals surface area (Å²) in [7, 11) is 0. The lowest BCUT2D eigenvalue weighted by molar-refractivity contribution is -0.384. The van der Waals surface area contributed by atoms with E-state index < -0.39 is 0 Å². The number of nitro groups is 1. The highest BCUT2D eigenvalue weighted by molar-refractivity contribution is 8.01. The van der Waals surface area contributed by atoms with Crippen LogP contribution in [0.3, 0.4) is 0 Å². The number of hydrogen-bond acceptors (Lipinski definition) is 6. The average molecular weight is 409 g/mol. The number of nitro benzene ring substituents is 1. The zero-order chi connectivity index (χ0) is 19.3. The van der Waals surface area contributed by atoms with Gasteiger partial charge in [0, 0.05) is 46.2 Å². The molecule has 1 N–H and O–H groups in total. The lowest BCUT2D eigenvalue weighted by Crippen LogP contribution is -1.91. The summed E-state index contributed by atoms with van der Waals surface area (Å²) in [6.45, 7) is 0. The highest BCUT2D eigenvalue weighted by Crippen LogP contribution is 2.34. The Hall–Kier alpha value is -2.90. The summed E-state index contributed by atoms with van der Waals surface area (Å²) in [5.41, 5.74) is 2.87. The number of hydrogen-bond donors (Lipinski definition) is 1. The van der Waals surface area contributed by atoms with Crippen molar-refractivity contribution in [3.63, 3.8) is 0 Å². The molecule has 0 amide bonds. The molecule has 0 fully saturated rings. The van der Waals surface area contributed by atoms with Gasteiger partial charge in [-0.1, -0.05) is 42.5 Å². The van der Waals surface area contributed by atoms with Crippen LogP contribution < -0.4 is 4.72 Å². The topological polar surface area (TPSA) is 68.3 Å². The maximum Gasteiger partial charge on any atom is 0.269 e. The molecule has 0 saturated carbocycles. The second-order valence-electron chi connectivity index (χ2n) is 6.02. The van der Waals surface area contributed by atoms with Crippen LogP contribution in [0.25, 0.3) is 11.0 Å². The zero-order valence-corrected chi connectivity index (χ0v) is 16.3. The van der Waals surface area contributed by atoms with Crippen molar-refractivity contribution in [1.29, 1.82) is 0 Å². The lowest BCUT2D eigenvalue weighted by atomic mass is 10.2. The normalized spacial score (nSPS) is 10.9. The molecule has 4 aromatic rings. The third-order valence-electron chi connectivity index (χ3n) is 4.07. The number of nitrogens with one attached hydrogen (secondary N) is 1. The van der Waals surface area contributed by atoms with E-state index >= 15 is 0 Å². The van der Waals surface area contributed by atoms with E-state index in [1.54, 1.807) is 23.9 Å². The van der Waals surface area contributed by atoms with Gasteiger partial charge in [-0.2, -0.15) is 0 Å². The standard InChI is InChI=1S/C21H16N2O3S2/c24-23(25)17-8-5-6-15(12-17)14-27-20-11-4-2-9-18(20)22-28-21-13-16-7-1-3-10-19(16)26-21/h1-13,22H,14H2. The quantitative estimate of drug-likeness (QED) is 0.158. The van der Waals surface area contributed by atoms with Gasteiger partial charge in [-0.3, -0.25) is 10.1 Å². The Balaban J connectivity index is 1.44. The summed E-state index contributed by atoms with van der Waals surface area (Å²) in [5.74, 6) is 0.648. The van der Waals surface area contributed by atoms with E-state index in [-0.39, 0.29) is 10.6 Å². The molecule has 0 unspecified atom stereocenters. The number of furan rings is 1. The van der Waals surface area contributed by atoms with E-state index in [1.807, 2.05) is 60.7 Å². The molecule has 140 valence electrons. The summed E-state index contributed by atoms with van der Waals surface area (Å²) in [6.07, 6.45) is 0. The van der Waals surface area contributed by atoms with Crippen molar-refractivity contribution in [1.82, 2.24) is 0 Å². The van der Waals surface area contributed by atoms with Crippen molar-refractivity contribution >= 4 is 46.1 Å². The number of nitrogens with zero attached hydrogens (tertiary/aromatic N) is 1. The van der Waals surface area contributed by atoms with Crippen molar-refractivity contribution in [2.45, 2.75) is 15.7 Å². The van der Waals surface area contributed by atoms with Gasteiger partial charge in [0.25, 0.3) is 5.69 Å². The van der Waals surface area contributed by atoms with Gasteiger partial charge in [-0.15, -0.1) is 11.8 Å². The van der Waals surface area contributed by atoms with Crippen LogP contribution in [0.15, 0.2) is 93.3 Å². The molecule has 1 aromatic heterocycles. The number of thioether (sulfide) groups is 1. The van der Waals surface area contributed by atoms with E-state index in [0.717, 1.165) is 32.2 Å². The number of anilines is 1. The smallest absolute Gasteiger partial charge is 0.269 e. The zero-order valence-electron chi connectivity index (χ0n) is 14.7. The molecule has 0 aliphatic rings. The molecule has 0 spiro atoms. The van der Waals surface area contributed by atoms with Crippen molar-refractivity contribution in [2.75, 3.05) is 4.72 Å². The highest BCUT2D eigenvalue weighted by atomic mass is 32.2. The first-order valence-electron chi connectivity index (χ1n) is 8.56. The predicted molar refractivity (Wildman–Crippen MR) is 115 cm³/mol. The van der Waals surface area contributed by atoms with Gasteiger partial charge in [-0.25, -0.2) is 0 Å². The third kappa shape index (κ3) is 4.32. The summed E-state index contributed by atoms with van der Waals surface area (Å²) < 4.78 is 9.17. The molecular weight excluding hydrogens is 392 g/mol. The first kappa shape index (κ1) is 18.5. The first-order chi connectivity index (χ1) is 13.7. The van der Waals surface area contributed by atoms with Crippen LogP contribution in [0, 0.1) is 10.1 Å². The molecule has 0 aliphatic heterocycles. The van der Waals surface area contributed by atoms with Crippen molar-refractivity contribution in [3.8, 4) is 0 Å². The monoisotopic (exact) mass is 408 g/mol. The van der Waals surface area contributed by atoms with Gasteiger partial charge in [0.1, 0.15) is 5.58 Å². The summed E-state index contributed by atoms with van der Waals surface area (Å²) in [4.78, 5) is 11.6. The van der Waals surface area contributed by atoms with Gasteiger partial charge >= 0.3 is 0 Å². The fraction of sp³-hybridized carbons (Fsp3) is 0.0476. The van der Waals surface area contributed by atoms with Gasteiger partial charge in [0.05, 0.1) is 10.6 Å². The van der Waals surface area contributed by atoms with Gasteiger partial charge in [-0.05, 0) is 23.8 Å². The molecule has 28 heavy (non-hydrogen) atoms. The van der Waals surface area contributed by atoms with Gasteiger partial charge in [0.2, 0.25) is 0 Å². The fourth-order valence-electron chi connectivity index (χ4n) is 2.71. The minimum absolute atomic E-state index is 0.116. The van der Waals surface area contributed by atoms with Crippen LogP contribution in [-0.2, 0) is 5.75 Å². The van der Waals surface area contributed by atoms with Crippen LogP contribution in [0.4, 0.5) is 11.4 Å². The summed E-state index contributed by atoms with van der Waals surface area (Å²) in [5, 5.41) is 12.8. The van der Waals surface area contributed by atoms with Gasteiger partial charge < -0.3 is 9.14 Å². The van der Waals surface area contributed by atoms with Crippen LogP contribution in [0.2, 0.25) is 0 Å². The molecule has 0 radical (unpaired) electrons. The Kier molecular flexibility index (Phi) is 5.55. The van der Waals surface area contributed by atoms with Gasteiger partial charge in [0.15, 0.2) is 5.09 Å². The summed E-state index contributed by atoms with van der Waals surface area (Å²) >= 11 is 3.05. The number of para-hydroxylation sites is 2. The van der Waals surface area contributed by atoms with Crippen molar-refractivity contribution < 1.29 is 9.34 Å². The Labute approximate surface area is 170 Å². The van der Waals surface area contributed by atoms with E-state index in [1.165, 1.54) is 18.0 Å². The molecule has 5 nitrogen and oxygen atoms in total. The molecule has 7 heteroatoms. The maximum absolute atomic E-state index is 10.9. The van der Waals surface area contributed by atoms with Crippen LogP contribution >= 0.6 is 23.7 Å². The fourth-order valence-corrected chi connectivity index (χ4v) is 4.43. The molecule has 1 heterocycles. The highest BCUT2D eigenvalue weighted by Gasteiger charge is 2.09. The average Bonchev–Trinajstić information content (AvgIpc) is 3.14. The molecule has 0 saturated heterocycles. The first-order valence-corrected chi connectivity index (χ1v) is 10.4. The number of fused-ring (bicyclic) bond motifs is 1. The predicted octanol–water partition coefficient (Wildman–Crippen LogP) is 6.75. The van der Waals surface area contributed by atoms with Crippen LogP contribution in [-0.4, -0.2) is 4.92 Å². The van der Waals surface area contributed by atoms with Crippen molar-refractivity contribution in [3.05, 3.63) is 94.5 Å². The van der Waals surface area contributed by atoms with E-state index in [2.05, 4.69) is 4.72 Å². The molecule has 0 atom stereocenters. The number of rotatable bonds is 7. The van der Waals surface area contributed by atoms with Crippen LogP contribution in [0.1, 0.15) is 5.56 Å². The Morgan fingerprint density at radius 1 is 0.964 bits per heavy atom. The second-order valence-corrected chi connectivity index (χ2v) is 7.85. The molecule has 0 aliphatic carbocycles. The minimum atomic E-state index is -0.367. The Morgan fingerprint density at radius 3 is 2.64 bits per heavy atom. The van der Waals surface area contributed by atoms with Crippen LogP contribution in [0.5, 0.6) is 0 Å². The Morgan fingerprint density at radius 2 is 1.79 bits per heavy atom. The number of non-ortho nitro benzene ring substituents is 1. The van der Waals surface area contributed by atoms with E-state index in [9.17, 15) is 10.1 Å². The molecule has 4 rings (SSSR count). The number of benzene rings is 3. The minimum Gasteiger partial charge on any atom is -0.448 e. The third-order valence-corrected chi connectivity index (χ3v) is 5.94. The SMILES string of the molecule is O=[N+]([O-])c1cccc(CSc2ccccc2NSc2cc3ccccc3o2)c1. The summed E-state index contributed by atoms with van der Waals surface area (Å²) in [6, 6.07) is 24.6.